The van der Waals surface area contributed by atoms with Gasteiger partial charge in [-0.25, -0.2) is 4.98 Å². The second-order valence-corrected chi connectivity index (χ2v) is 5.67. The van der Waals surface area contributed by atoms with Gasteiger partial charge in [-0.1, -0.05) is 23.2 Å². The maximum atomic E-state index is 10.1. The number of halogens is 2. The third kappa shape index (κ3) is 2.26. The van der Waals surface area contributed by atoms with E-state index in [1.165, 1.54) is 10.6 Å². The van der Waals surface area contributed by atoms with E-state index in [4.69, 9.17) is 38.8 Å². The number of nitrogens with two attached hydrogens (primary N) is 1. The van der Waals surface area contributed by atoms with Gasteiger partial charge in [-0.15, -0.1) is 0 Å². The van der Waals surface area contributed by atoms with Crippen LogP contribution < -0.4 is 5.73 Å². The van der Waals surface area contributed by atoms with Gasteiger partial charge in [0.05, 0.1) is 17.1 Å². The van der Waals surface area contributed by atoms with E-state index in [1.807, 2.05) is 0 Å². The van der Waals surface area contributed by atoms with Gasteiger partial charge < -0.3 is 25.8 Å². The molecule has 0 radical (unpaired) electrons. The number of hydrogen-bond acceptors (Lipinski definition) is 6. The van der Waals surface area contributed by atoms with Crippen molar-refractivity contribution in [2.45, 2.75) is 24.5 Å². The smallest absolute Gasteiger partial charge is 0.203 e. The molecule has 3 rings (SSSR count). The van der Waals surface area contributed by atoms with E-state index < -0.39 is 31.1 Å². The Hall–Kier alpha value is -1.09. The van der Waals surface area contributed by atoms with Gasteiger partial charge in [0.25, 0.3) is 0 Å². The van der Waals surface area contributed by atoms with Crippen LogP contribution in [-0.4, -0.2) is 49.8 Å². The Morgan fingerprint density at radius 1 is 1.29 bits per heavy atom. The molecule has 4 atom stereocenters. The molecule has 1 aliphatic heterocycles. The van der Waals surface area contributed by atoms with Crippen LogP contribution in [0.15, 0.2) is 12.1 Å². The molecule has 1 fully saturated rings. The molecule has 0 amide bonds. The van der Waals surface area contributed by atoms with Crippen LogP contribution in [0.5, 0.6) is 0 Å². The predicted molar refractivity (Wildman–Crippen MR) is 77.2 cm³/mol. The van der Waals surface area contributed by atoms with Crippen LogP contribution in [-0.2, 0) is 4.74 Å². The number of rotatable bonds is 2. The Bertz CT molecular complexity index is 693. The predicted octanol–water partition coefficient (Wildman–Crippen LogP) is 0.537. The monoisotopic (exact) mass is 333 g/mol. The third-order valence-corrected chi connectivity index (χ3v) is 4.02. The van der Waals surface area contributed by atoms with Gasteiger partial charge in [0.2, 0.25) is 5.95 Å². The molecule has 5 N–H and O–H groups in total. The van der Waals surface area contributed by atoms with Crippen molar-refractivity contribution in [3.8, 4) is 0 Å². The van der Waals surface area contributed by atoms with Gasteiger partial charge in [-0.2, -0.15) is 0 Å². The number of hydrogen-bond donors (Lipinski definition) is 4. The number of aliphatic hydroxyl groups is 3. The van der Waals surface area contributed by atoms with Gasteiger partial charge in [-0.3, -0.25) is 4.57 Å². The topological polar surface area (TPSA) is 114 Å². The highest BCUT2D eigenvalue weighted by molar-refractivity contribution is 6.38. The number of aliphatic hydroxyl groups excluding tert-OH is 3. The summed E-state index contributed by atoms with van der Waals surface area (Å²) in [5.41, 5.74) is 6.75. The Balaban J connectivity index is 2.15. The number of ether oxygens (including phenoxy) is 1. The lowest BCUT2D eigenvalue weighted by molar-refractivity contribution is -0.0498. The van der Waals surface area contributed by atoms with Crippen molar-refractivity contribution in [3.63, 3.8) is 0 Å². The number of benzene rings is 1. The maximum absolute atomic E-state index is 10.1. The fourth-order valence-corrected chi connectivity index (χ4v) is 3.02. The molecule has 1 unspecified atom stereocenters. The van der Waals surface area contributed by atoms with E-state index in [9.17, 15) is 10.2 Å². The zero-order valence-corrected chi connectivity index (χ0v) is 12.2. The summed E-state index contributed by atoms with van der Waals surface area (Å²) in [5, 5.41) is 29.8. The molecule has 1 saturated heterocycles. The molecular weight excluding hydrogens is 321 g/mol. The van der Waals surface area contributed by atoms with E-state index in [-0.39, 0.29) is 5.95 Å². The minimum atomic E-state index is -1.26. The van der Waals surface area contributed by atoms with Crippen molar-refractivity contribution >= 4 is 40.2 Å². The number of fused-ring (bicyclic) bond motifs is 1. The number of nitrogens with zero attached hydrogens (tertiary/aromatic N) is 2. The van der Waals surface area contributed by atoms with Gasteiger partial charge >= 0.3 is 0 Å². The first-order valence-electron chi connectivity index (χ1n) is 6.19. The summed E-state index contributed by atoms with van der Waals surface area (Å²) >= 11 is 12.0. The van der Waals surface area contributed by atoms with Crippen molar-refractivity contribution in [2.24, 2.45) is 0 Å². The molecule has 2 heterocycles. The lowest BCUT2D eigenvalue weighted by Gasteiger charge is -2.18. The standard InChI is InChI=1S/C12H13Cl2N3O4/c13-4-1-5(14)8-6(2-4)17(12(15)16-8)11-10(20)9(19)7(3-18)21-11/h1-2,7,9-11,18-20H,3H2,(H2,15,16)/t7-,9-,10-,11?/m1/s1. The van der Waals surface area contributed by atoms with Crippen molar-refractivity contribution in [1.82, 2.24) is 9.55 Å². The van der Waals surface area contributed by atoms with Crippen LogP contribution in [0.3, 0.4) is 0 Å². The first kappa shape index (κ1) is 14.8. The molecule has 1 aromatic heterocycles. The quantitative estimate of drug-likeness (QED) is 0.637. The SMILES string of the molecule is Nc1nc2c(Cl)cc(Cl)cc2n1C1O[C@H](CO)[C@@H](O)[C@H]1O. The number of imidazole rings is 1. The van der Waals surface area contributed by atoms with Crippen molar-refractivity contribution in [2.75, 3.05) is 12.3 Å². The molecule has 2 aromatic rings. The van der Waals surface area contributed by atoms with Gasteiger partial charge in [-0.05, 0) is 12.1 Å². The first-order chi connectivity index (χ1) is 9.93. The van der Waals surface area contributed by atoms with Crippen LogP contribution >= 0.6 is 23.2 Å². The molecule has 0 aliphatic carbocycles. The average molecular weight is 334 g/mol. The molecule has 7 nitrogen and oxygen atoms in total. The number of nitrogen functional groups attached to an aromatic ring is 1. The average Bonchev–Trinajstić information content (AvgIpc) is 2.89. The van der Waals surface area contributed by atoms with Crippen LogP contribution in [0, 0.1) is 0 Å². The summed E-state index contributed by atoms with van der Waals surface area (Å²) in [6.07, 6.45) is -4.39. The highest BCUT2D eigenvalue weighted by Crippen LogP contribution is 2.36. The molecule has 1 aliphatic rings. The molecule has 0 saturated carbocycles. The highest BCUT2D eigenvalue weighted by Gasteiger charge is 2.44. The Morgan fingerprint density at radius 3 is 2.62 bits per heavy atom. The number of anilines is 1. The molecule has 0 bridgehead atoms. The molecule has 0 spiro atoms. The lowest BCUT2D eigenvalue weighted by atomic mass is 10.1. The van der Waals surface area contributed by atoms with Crippen LogP contribution in [0.2, 0.25) is 10.0 Å². The van der Waals surface area contributed by atoms with E-state index in [2.05, 4.69) is 4.98 Å². The molecule has 21 heavy (non-hydrogen) atoms. The molecular formula is C12H13Cl2N3O4. The summed E-state index contributed by atoms with van der Waals surface area (Å²) in [7, 11) is 0. The first-order valence-corrected chi connectivity index (χ1v) is 6.94. The Morgan fingerprint density at radius 2 is 2.00 bits per heavy atom. The summed E-state index contributed by atoms with van der Waals surface area (Å²) in [5.74, 6) is 0.0593. The number of aromatic nitrogens is 2. The maximum Gasteiger partial charge on any atom is 0.203 e. The van der Waals surface area contributed by atoms with Crippen molar-refractivity contribution < 1.29 is 20.1 Å². The Labute approximate surface area is 129 Å². The van der Waals surface area contributed by atoms with Crippen LogP contribution in [0.4, 0.5) is 5.95 Å². The van der Waals surface area contributed by atoms with Gasteiger partial charge in [0.15, 0.2) is 6.23 Å². The fourth-order valence-electron chi connectivity index (χ4n) is 2.50. The van der Waals surface area contributed by atoms with E-state index in [1.54, 1.807) is 6.07 Å². The normalized spacial score (nSPS) is 29.4. The second kappa shape index (κ2) is 5.28. The molecule has 9 heteroatoms. The molecule has 114 valence electrons. The summed E-state index contributed by atoms with van der Waals surface area (Å²) < 4.78 is 6.85. The van der Waals surface area contributed by atoms with Gasteiger partial charge in [0.1, 0.15) is 23.8 Å². The van der Waals surface area contributed by atoms with E-state index >= 15 is 0 Å². The Kier molecular flexibility index (Phi) is 3.73. The third-order valence-electron chi connectivity index (χ3n) is 3.51. The van der Waals surface area contributed by atoms with Gasteiger partial charge in [0, 0.05) is 5.02 Å². The van der Waals surface area contributed by atoms with Crippen LogP contribution in [0.25, 0.3) is 11.0 Å². The summed E-state index contributed by atoms with van der Waals surface area (Å²) in [6, 6.07) is 3.11. The zero-order valence-electron chi connectivity index (χ0n) is 10.6. The summed E-state index contributed by atoms with van der Waals surface area (Å²) in [6.45, 7) is -0.428. The van der Waals surface area contributed by atoms with E-state index in [0.29, 0.717) is 21.1 Å². The van der Waals surface area contributed by atoms with Crippen molar-refractivity contribution in [1.29, 1.82) is 0 Å². The molecule has 1 aromatic carbocycles. The second-order valence-electron chi connectivity index (χ2n) is 4.82. The van der Waals surface area contributed by atoms with Crippen molar-refractivity contribution in [3.05, 3.63) is 22.2 Å². The lowest BCUT2D eigenvalue weighted by Crippen LogP contribution is -2.33. The fraction of sp³-hybridized carbons (Fsp3) is 0.417. The largest absolute Gasteiger partial charge is 0.394 e. The zero-order chi connectivity index (χ0) is 15.3. The summed E-state index contributed by atoms with van der Waals surface area (Å²) in [4.78, 5) is 4.12. The minimum absolute atomic E-state index is 0.0593. The highest BCUT2D eigenvalue weighted by atomic mass is 35.5. The van der Waals surface area contributed by atoms with E-state index in [0.717, 1.165) is 0 Å². The van der Waals surface area contributed by atoms with Crippen LogP contribution in [0.1, 0.15) is 6.23 Å². The minimum Gasteiger partial charge on any atom is -0.394 e.